The molecule has 2 heteroatoms. The fourth-order valence-corrected chi connectivity index (χ4v) is 7.58. The lowest BCUT2D eigenvalue weighted by Gasteiger charge is -2.58. The van der Waals surface area contributed by atoms with Crippen molar-refractivity contribution in [2.75, 3.05) is 7.05 Å². The van der Waals surface area contributed by atoms with Crippen LogP contribution in [0.3, 0.4) is 0 Å². The normalized spacial score (nSPS) is 50.5. The molecular weight excluding hydrogens is 294 g/mol. The third kappa shape index (κ3) is 2.21. The SMILES string of the molecule is CN[C@@H]1CC[C@@]2(C)C(=CC[C@H]3[C@@H]4CC[C@H](C(C)=O)[C@@]4(C)CC[C@@H]32)C1. The van der Waals surface area contributed by atoms with Gasteiger partial charge in [0.15, 0.2) is 0 Å². The molecule has 0 aliphatic heterocycles. The predicted octanol–water partition coefficient (Wildman–Crippen LogP) is 4.74. The van der Waals surface area contributed by atoms with Gasteiger partial charge in [0.2, 0.25) is 0 Å². The van der Waals surface area contributed by atoms with Crippen LogP contribution in [0.5, 0.6) is 0 Å². The van der Waals surface area contributed by atoms with E-state index in [0.717, 1.165) is 24.2 Å². The Morgan fingerprint density at radius 1 is 1.12 bits per heavy atom. The van der Waals surface area contributed by atoms with Gasteiger partial charge in [-0.3, -0.25) is 4.79 Å². The molecule has 3 fully saturated rings. The Morgan fingerprint density at radius 3 is 2.62 bits per heavy atom. The van der Waals surface area contributed by atoms with Gasteiger partial charge in [-0.2, -0.15) is 0 Å². The van der Waals surface area contributed by atoms with Crippen LogP contribution in [0.25, 0.3) is 0 Å². The van der Waals surface area contributed by atoms with E-state index in [2.05, 4.69) is 32.3 Å². The van der Waals surface area contributed by atoms with E-state index in [0.29, 0.717) is 23.2 Å². The molecule has 1 N–H and O–H groups in total. The maximum atomic E-state index is 12.2. The summed E-state index contributed by atoms with van der Waals surface area (Å²) in [5.41, 5.74) is 2.47. The Labute approximate surface area is 147 Å². The highest BCUT2D eigenvalue weighted by Crippen LogP contribution is 2.66. The summed E-state index contributed by atoms with van der Waals surface area (Å²) < 4.78 is 0. The van der Waals surface area contributed by atoms with Crippen molar-refractivity contribution in [1.29, 1.82) is 0 Å². The largest absolute Gasteiger partial charge is 0.317 e. The van der Waals surface area contributed by atoms with Crippen LogP contribution in [0.4, 0.5) is 0 Å². The Balaban J connectivity index is 1.63. The lowest BCUT2D eigenvalue weighted by atomic mass is 9.47. The fourth-order valence-electron chi connectivity index (χ4n) is 7.58. The van der Waals surface area contributed by atoms with Gasteiger partial charge < -0.3 is 5.32 Å². The third-order valence-electron chi connectivity index (χ3n) is 9.00. The summed E-state index contributed by atoms with van der Waals surface area (Å²) in [7, 11) is 2.12. The molecule has 0 aromatic rings. The Morgan fingerprint density at radius 2 is 1.92 bits per heavy atom. The predicted molar refractivity (Wildman–Crippen MR) is 98.7 cm³/mol. The van der Waals surface area contributed by atoms with Crippen LogP contribution in [0.2, 0.25) is 0 Å². The minimum absolute atomic E-state index is 0.289. The van der Waals surface area contributed by atoms with E-state index in [-0.39, 0.29) is 5.41 Å². The topological polar surface area (TPSA) is 29.1 Å². The highest BCUT2D eigenvalue weighted by Gasteiger charge is 2.59. The molecule has 4 rings (SSSR count). The zero-order valence-electron chi connectivity index (χ0n) is 16.0. The summed E-state index contributed by atoms with van der Waals surface area (Å²) >= 11 is 0. The number of ketones is 1. The number of fused-ring (bicyclic) bond motifs is 5. The van der Waals surface area contributed by atoms with Crippen molar-refractivity contribution in [3.8, 4) is 0 Å². The van der Waals surface area contributed by atoms with Gasteiger partial charge in [-0.15, -0.1) is 0 Å². The van der Waals surface area contributed by atoms with E-state index in [1.54, 1.807) is 5.57 Å². The Kier molecular flexibility index (Phi) is 3.99. The number of nitrogens with one attached hydrogen (secondary N) is 1. The summed E-state index contributed by atoms with van der Waals surface area (Å²) in [5.74, 6) is 3.25. The molecule has 24 heavy (non-hydrogen) atoms. The number of Topliss-reactive ketones (excluding diaryl/α,β-unsaturated/α-hetero) is 1. The summed E-state index contributed by atoms with van der Waals surface area (Å²) in [5, 5.41) is 3.51. The van der Waals surface area contributed by atoms with Gasteiger partial charge >= 0.3 is 0 Å². The Bertz CT molecular complexity index is 566. The van der Waals surface area contributed by atoms with Crippen LogP contribution in [0, 0.1) is 34.5 Å². The van der Waals surface area contributed by atoms with Gasteiger partial charge in [-0.1, -0.05) is 25.5 Å². The van der Waals surface area contributed by atoms with Crippen molar-refractivity contribution >= 4 is 5.78 Å². The van der Waals surface area contributed by atoms with Crippen LogP contribution >= 0.6 is 0 Å². The summed E-state index contributed by atoms with van der Waals surface area (Å²) in [6, 6.07) is 0.684. The zero-order valence-corrected chi connectivity index (χ0v) is 16.0. The molecule has 0 saturated heterocycles. The maximum absolute atomic E-state index is 12.2. The summed E-state index contributed by atoms with van der Waals surface area (Å²) in [6.07, 6.45) is 12.9. The lowest BCUT2D eigenvalue weighted by Crippen LogP contribution is -2.51. The zero-order chi connectivity index (χ0) is 17.1. The van der Waals surface area contributed by atoms with E-state index >= 15 is 0 Å². The second-order valence-corrected chi connectivity index (χ2v) is 9.77. The minimum atomic E-state index is 0.289. The molecule has 0 radical (unpaired) electrons. The number of hydrogen-bond donors (Lipinski definition) is 1. The monoisotopic (exact) mass is 329 g/mol. The van der Waals surface area contributed by atoms with Crippen molar-refractivity contribution in [3.05, 3.63) is 11.6 Å². The number of carbonyl (C=O) groups excluding carboxylic acids is 1. The van der Waals surface area contributed by atoms with Crippen LogP contribution in [0.15, 0.2) is 11.6 Å². The van der Waals surface area contributed by atoms with Gasteiger partial charge in [0.25, 0.3) is 0 Å². The summed E-state index contributed by atoms with van der Waals surface area (Å²) in [4.78, 5) is 12.2. The molecule has 0 heterocycles. The number of carbonyl (C=O) groups is 1. The molecule has 4 aliphatic rings. The van der Waals surface area contributed by atoms with Crippen LogP contribution in [0.1, 0.15) is 72.1 Å². The van der Waals surface area contributed by atoms with E-state index in [4.69, 9.17) is 0 Å². The smallest absolute Gasteiger partial charge is 0.133 e. The third-order valence-corrected chi connectivity index (χ3v) is 9.00. The highest BCUT2D eigenvalue weighted by atomic mass is 16.1. The second-order valence-electron chi connectivity index (χ2n) is 9.77. The Hall–Kier alpha value is -0.630. The lowest BCUT2D eigenvalue weighted by molar-refractivity contribution is -0.127. The molecule has 0 bridgehead atoms. The first-order chi connectivity index (χ1) is 11.4. The molecule has 2 nitrogen and oxygen atoms in total. The average Bonchev–Trinajstić information content (AvgIpc) is 2.91. The first-order valence-corrected chi connectivity index (χ1v) is 10.3. The molecule has 0 aromatic carbocycles. The van der Waals surface area contributed by atoms with Crippen molar-refractivity contribution in [1.82, 2.24) is 5.32 Å². The van der Waals surface area contributed by atoms with Gasteiger partial charge in [-0.05, 0) is 93.9 Å². The van der Waals surface area contributed by atoms with E-state index in [1.807, 2.05) is 6.92 Å². The average molecular weight is 330 g/mol. The maximum Gasteiger partial charge on any atom is 0.133 e. The first kappa shape index (κ1) is 16.8. The first-order valence-electron chi connectivity index (χ1n) is 10.3. The van der Waals surface area contributed by atoms with Crippen LogP contribution < -0.4 is 5.32 Å². The quantitative estimate of drug-likeness (QED) is 0.741. The fraction of sp³-hybridized carbons (Fsp3) is 0.864. The van der Waals surface area contributed by atoms with E-state index in [9.17, 15) is 4.79 Å². The molecule has 7 atom stereocenters. The molecule has 134 valence electrons. The van der Waals surface area contributed by atoms with Gasteiger partial charge in [0.05, 0.1) is 0 Å². The second kappa shape index (κ2) is 5.69. The molecule has 4 aliphatic carbocycles. The van der Waals surface area contributed by atoms with Crippen molar-refractivity contribution < 1.29 is 4.79 Å². The molecule has 0 aromatic heterocycles. The van der Waals surface area contributed by atoms with Crippen molar-refractivity contribution in [2.24, 2.45) is 34.5 Å². The molecular formula is C22H35NO. The van der Waals surface area contributed by atoms with Gasteiger partial charge in [0, 0.05) is 12.0 Å². The van der Waals surface area contributed by atoms with Gasteiger partial charge in [0.1, 0.15) is 5.78 Å². The van der Waals surface area contributed by atoms with Crippen molar-refractivity contribution in [2.45, 2.75) is 78.2 Å². The standard InChI is InChI=1S/C22H35NO/c1-14(24)18-7-8-19-17-6-5-15-13-16(23-4)9-11-21(15,2)20(17)10-12-22(18,19)3/h5,16-20,23H,6-13H2,1-4H3/t16-,17+,18-,19+,20+,21+,22-/m1/s1. The van der Waals surface area contributed by atoms with Gasteiger partial charge in [-0.25, -0.2) is 0 Å². The minimum Gasteiger partial charge on any atom is -0.317 e. The number of rotatable bonds is 2. The van der Waals surface area contributed by atoms with E-state index < -0.39 is 0 Å². The van der Waals surface area contributed by atoms with E-state index in [1.165, 1.54) is 44.9 Å². The molecule has 0 spiro atoms. The van der Waals surface area contributed by atoms with Crippen LogP contribution in [-0.4, -0.2) is 18.9 Å². The van der Waals surface area contributed by atoms with Crippen LogP contribution in [-0.2, 0) is 4.79 Å². The molecule has 0 unspecified atom stereocenters. The van der Waals surface area contributed by atoms with Crippen molar-refractivity contribution in [3.63, 3.8) is 0 Å². The number of hydrogen-bond acceptors (Lipinski definition) is 2. The molecule has 3 saturated carbocycles. The number of allylic oxidation sites excluding steroid dienone is 1. The molecule has 0 amide bonds. The highest BCUT2D eigenvalue weighted by molar-refractivity contribution is 5.79. The summed E-state index contributed by atoms with van der Waals surface area (Å²) in [6.45, 7) is 6.86.